The van der Waals surface area contributed by atoms with Gasteiger partial charge >= 0.3 is 0 Å². The highest BCUT2D eigenvalue weighted by Gasteiger charge is 2.25. The highest BCUT2D eigenvalue weighted by atomic mass is 16.3. The number of carbonyl (C=O) groups is 3. The molecule has 0 unspecified atom stereocenters. The minimum Gasteiger partial charge on any atom is -0.505 e. The predicted molar refractivity (Wildman–Crippen MR) is 228 cm³/mol. The Morgan fingerprint density at radius 2 is 0.705 bits per heavy atom. The van der Waals surface area contributed by atoms with E-state index in [1.165, 1.54) is 0 Å². The summed E-state index contributed by atoms with van der Waals surface area (Å²) in [5.41, 5.74) is 4.34. The van der Waals surface area contributed by atoms with Gasteiger partial charge in [0.2, 0.25) is 17.7 Å². The number of aliphatic hydroxyl groups is 6. The molecule has 1 fully saturated rings. The number of hydrogen-bond acceptors (Lipinski definition) is 15. The minimum absolute atomic E-state index is 0.139. The van der Waals surface area contributed by atoms with E-state index in [0.29, 0.717) is 75.5 Å². The Hall–Kier alpha value is -4.89. The van der Waals surface area contributed by atoms with Crippen LogP contribution >= 0.6 is 0 Å². The van der Waals surface area contributed by atoms with Gasteiger partial charge in [-0.2, -0.15) is 0 Å². The number of aliphatic hydroxyl groups excluding tert-OH is 6. The van der Waals surface area contributed by atoms with Crippen LogP contribution in [0.5, 0.6) is 17.2 Å². The maximum absolute atomic E-state index is 12.7. The van der Waals surface area contributed by atoms with Crippen molar-refractivity contribution < 1.29 is 60.3 Å². The summed E-state index contributed by atoms with van der Waals surface area (Å²) >= 11 is 0. The summed E-state index contributed by atoms with van der Waals surface area (Å²) in [6.07, 6.45) is 0.681. The third-order valence-corrected chi connectivity index (χ3v) is 10.8. The fraction of sp³-hybridized carbons (Fsp3) is 0.512. The van der Waals surface area contributed by atoms with Crippen molar-refractivity contribution in [3.8, 4) is 17.2 Å². The van der Waals surface area contributed by atoms with E-state index in [1.807, 2.05) is 39.0 Å². The van der Waals surface area contributed by atoms with E-state index in [9.17, 15) is 60.3 Å². The molecule has 336 valence electrons. The number of anilines is 3. The number of hydrogen-bond donors (Lipinski definition) is 12. The molecule has 61 heavy (non-hydrogen) atoms. The molecule has 1 aliphatic heterocycles. The lowest BCUT2D eigenvalue weighted by Gasteiger charge is -2.33. The topological polar surface area (TPSA) is 279 Å². The summed E-state index contributed by atoms with van der Waals surface area (Å²) in [7, 11) is 0. The summed E-state index contributed by atoms with van der Waals surface area (Å²) in [5.74, 6) is -5.55. The Kier molecular flexibility index (Phi) is 18.7. The average Bonchev–Trinajstić information content (AvgIpc) is 3.21. The molecule has 0 aliphatic carbocycles. The van der Waals surface area contributed by atoms with Crippen molar-refractivity contribution in [3.05, 3.63) is 69.8 Å². The van der Waals surface area contributed by atoms with Crippen LogP contribution in [0, 0.1) is 38.5 Å². The Balaban J connectivity index is 1.65. The van der Waals surface area contributed by atoms with Crippen LogP contribution in [-0.4, -0.2) is 157 Å². The zero-order chi connectivity index (χ0) is 44.8. The fourth-order valence-electron chi connectivity index (χ4n) is 7.20. The minimum atomic E-state index is -1.07. The quantitative estimate of drug-likeness (QED) is 0.0780. The standard InChI is InChI=1S/C43H62N6O12/c1-26-11-29(38(56)35(14-26)44-41(59)32(20-50)21-51)17-47-5-4-6-48(18-30-12-27(2)15-36(39(30)57)45-42(60)33(22-52)23-53)8-10-49(9-7-47)19-31-13-28(3)16-37(40(31)58)46-43(61)34(24-54)25-55/h11-16,32-34,50-58H,4-10,17-25H2,1-3H3,(H,44,59)(H,45,60)(H,46,61). The molecule has 0 atom stereocenters. The molecule has 18 nitrogen and oxygen atoms in total. The van der Waals surface area contributed by atoms with E-state index in [1.54, 1.807) is 18.2 Å². The molecule has 1 aliphatic rings. The first-order valence-electron chi connectivity index (χ1n) is 20.4. The van der Waals surface area contributed by atoms with Gasteiger partial charge in [0.25, 0.3) is 0 Å². The number of phenolic OH excluding ortho intramolecular Hbond substituents is 3. The fourth-order valence-corrected chi connectivity index (χ4v) is 7.20. The molecule has 3 amide bonds. The van der Waals surface area contributed by atoms with E-state index in [0.717, 1.165) is 16.7 Å². The van der Waals surface area contributed by atoms with Crippen molar-refractivity contribution in [2.75, 3.05) is 94.9 Å². The first-order valence-corrected chi connectivity index (χ1v) is 20.4. The molecule has 1 saturated heterocycles. The van der Waals surface area contributed by atoms with Crippen molar-refractivity contribution in [1.82, 2.24) is 14.7 Å². The molecule has 18 heteroatoms. The number of benzene rings is 3. The Morgan fingerprint density at radius 1 is 0.459 bits per heavy atom. The molecule has 3 aromatic rings. The van der Waals surface area contributed by atoms with Gasteiger partial charge < -0.3 is 61.9 Å². The van der Waals surface area contributed by atoms with Gasteiger partial charge in [-0.05, 0) is 75.2 Å². The maximum Gasteiger partial charge on any atom is 0.232 e. The van der Waals surface area contributed by atoms with Gasteiger partial charge in [0.15, 0.2) is 0 Å². The van der Waals surface area contributed by atoms with Crippen molar-refractivity contribution >= 4 is 34.8 Å². The third-order valence-electron chi connectivity index (χ3n) is 10.8. The van der Waals surface area contributed by atoms with Gasteiger partial charge in [0, 0.05) is 62.5 Å². The molecular formula is C43H62N6O12. The second kappa shape index (κ2) is 23.4. The SMILES string of the molecule is Cc1cc(CN2CCCN(Cc3cc(C)cc(NC(=O)C(CO)CO)c3O)CCN(Cc3cc(C)cc(NC(=O)C(CO)CO)c3O)CC2)c(O)c(NC(=O)C(CO)CO)c1. The summed E-state index contributed by atoms with van der Waals surface area (Å²) in [6.45, 7) is 6.09. The number of nitrogens with zero attached hydrogens (tertiary/aromatic N) is 3. The van der Waals surface area contributed by atoms with Crippen molar-refractivity contribution in [2.45, 2.75) is 46.8 Å². The van der Waals surface area contributed by atoms with E-state index in [-0.39, 0.29) is 40.9 Å². The van der Waals surface area contributed by atoms with Crippen LogP contribution in [0.3, 0.4) is 0 Å². The first kappa shape index (κ1) is 48.8. The first-order chi connectivity index (χ1) is 29.1. The summed E-state index contributed by atoms with van der Waals surface area (Å²) in [5, 5.41) is 99.1. The Bertz CT molecular complexity index is 1860. The van der Waals surface area contributed by atoms with Crippen LogP contribution in [-0.2, 0) is 34.0 Å². The lowest BCUT2D eigenvalue weighted by Crippen LogP contribution is -2.42. The lowest BCUT2D eigenvalue weighted by molar-refractivity contribution is -0.123. The van der Waals surface area contributed by atoms with E-state index in [4.69, 9.17) is 0 Å². The number of aromatic hydroxyl groups is 3. The molecular weight excluding hydrogens is 793 g/mol. The van der Waals surface area contributed by atoms with E-state index < -0.39 is 75.1 Å². The average molecular weight is 855 g/mol. The normalized spacial score (nSPS) is 14.8. The summed E-state index contributed by atoms with van der Waals surface area (Å²) in [6, 6.07) is 10.3. The number of amides is 3. The monoisotopic (exact) mass is 854 g/mol. The number of nitrogens with one attached hydrogen (secondary N) is 3. The van der Waals surface area contributed by atoms with E-state index in [2.05, 4.69) is 30.7 Å². The van der Waals surface area contributed by atoms with Crippen LogP contribution in [0.25, 0.3) is 0 Å². The highest BCUT2D eigenvalue weighted by molar-refractivity contribution is 5.96. The van der Waals surface area contributed by atoms with Crippen LogP contribution in [0.15, 0.2) is 36.4 Å². The molecule has 1 heterocycles. The molecule has 0 saturated carbocycles. The van der Waals surface area contributed by atoms with Gasteiger partial charge in [-0.25, -0.2) is 0 Å². The van der Waals surface area contributed by atoms with Crippen LogP contribution in [0.1, 0.15) is 39.8 Å². The zero-order valence-corrected chi connectivity index (χ0v) is 35.1. The third kappa shape index (κ3) is 13.5. The molecule has 0 spiro atoms. The van der Waals surface area contributed by atoms with Gasteiger partial charge in [-0.3, -0.25) is 29.1 Å². The Labute approximate surface area is 355 Å². The van der Waals surface area contributed by atoms with Crippen LogP contribution in [0.4, 0.5) is 17.1 Å². The smallest absolute Gasteiger partial charge is 0.232 e. The molecule has 4 rings (SSSR count). The second-order valence-electron chi connectivity index (χ2n) is 15.8. The van der Waals surface area contributed by atoms with Gasteiger partial charge in [-0.15, -0.1) is 0 Å². The lowest BCUT2D eigenvalue weighted by atomic mass is 10.1. The molecule has 0 aromatic heterocycles. The van der Waals surface area contributed by atoms with Crippen molar-refractivity contribution in [3.63, 3.8) is 0 Å². The van der Waals surface area contributed by atoms with Crippen LogP contribution in [0.2, 0.25) is 0 Å². The van der Waals surface area contributed by atoms with Crippen LogP contribution < -0.4 is 16.0 Å². The van der Waals surface area contributed by atoms with E-state index >= 15 is 0 Å². The number of aryl methyl sites for hydroxylation is 3. The van der Waals surface area contributed by atoms with Gasteiger partial charge in [0.1, 0.15) is 17.2 Å². The summed E-state index contributed by atoms with van der Waals surface area (Å²) < 4.78 is 0. The summed E-state index contributed by atoms with van der Waals surface area (Å²) in [4.78, 5) is 44.6. The number of carbonyl (C=O) groups excluding carboxylic acids is 3. The second-order valence-corrected chi connectivity index (χ2v) is 15.8. The molecule has 12 N–H and O–H groups in total. The number of rotatable bonds is 18. The molecule has 0 bridgehead atoms. The maximum atomic E-state index is 12.7. The Morgan fingerprint density at radius 3 is 0.951 bits per heavy atom. The van der Waals surface area contributed by atoms with Gasteiger partial charge in [0.05, 0.1) is 74.5 Å². The molecule has 3 aromatic carbocycles. The van der Waals surface area contributed by atoms with Crippen molar-refractivity contribution in [1.29, 1.82) is 0 Å². The number of phenols is 3. The van der Waals surface area contributed by atoms with Crippen molar-refractivity contribution in [2.24, 2.45) is 17.8 Å². The zero-order valence-electron chi connectivity index (χ0n) is 35.1. The van der Waals surface area contributed by atoms with Gasteiger partial charge in [-0.1, -0.05) is 18.2 Å². The highest BCUT2D eigenvalue weighted by Crippen LogP contribution is 2.34. The largest absolute Gasteiger partial charge is 0.505 e. The predicted octanol–water partition coefficient (Wildman–Crippen LogP) is 0.557. The molecule has 0 radical (unpaired) electrons.